The van der Waals surface area contributed by atoms with Crippen LogP contribution in [-0.2, 0) is 14.3 Å². The molecule has 0 aromatic heterocycles. The number of hydrogen-bond acceptors (Lipinski definition) is 5. The summed E-state index contributed by atoms with van der Waals surface area (Å²) in [4.78, 5) is 14.9. The molecule has 1 aromatic rings. The topological polar surface area (TPSA) is 55.8 Å². The Hall–Kier alpha value is -1.98. The maximum Gasteiger partial charge on any atom is 0.309 e. The van der Waals surface area contributed by atoms with E-state index >= 15 is 0 Å². The Bertz CT molecular complexity index is 835. The second-order valence-corrected chi connectivity index (χ2v) is 11.3. The van der Waals surface area contributed by atoms with E-state index in [1.165, 1.54) is 0 Å². The lowest BCUT2D eigenvalue weighted by Crippen LogP contribution is -2.42. The zero-order valence-electron chi connectivity index (χ0n) is 20.8. The minimum atomic E-state index is -1.28. The molecule has 0 saturated carbocycles. The van der Waals surface area contributed by atoms with E-state index < -0.39 is 17.2 Å². The molecule has 0 amide bonds. The lowest BCUT2D eigenvalue weighted by molar-refractivity contribution is -0.161. The number of carbonyl (C=O) groups excluding carboxylic acids is 1. The first kappa shape index (κ1) is 27.3. The Morgan fingerprint density at radius 1 is 1.30 bits per heavy atom. The van der Waals surface area contributed by atoms with E-state index in [-0.39, 0.29) is 12.3 Å². The van der Waals surface area contributed by atoms with Gasteiger partial charge in [-0.3, -0.25) is 4.79 Å². The lowest BCUT2D eigenvalue weighted by atomic mass is 9.74. The molecule has 2 atom stereocenters. The fourth-order valence-electron chi connectivity index (χ4n) is 3.84. The summed E-state index contributed by atoms with van der Waals surface area (Å²) in [5.41, 5.74) is -1.86. The van der Waals surface area contributed by atoms with Crippen LogP contribution in [-0.4, -0.2) is 28.9 Å². The van der Waals surface area contributed by atoms with Gasteiger partial charge in [0.2, 0.25) is 0 Å². The van der Waals surface area contributed by atoms with Gasteiger partial charge >= 0.3 is 5.97 Å². The van der Waals surface area contributed by atoms with Crippen LogP contribution in [0.15, 0.2) is 70.7 Å². The van der Waals surface area contributed by atoms with Crippen molar-refractivity contribution >= 4 is 17.7 Å². The molecule has 0 radical (unpaired) electrons. The standard InChI is InChI=1S/C28H40O4S/c1-7-24(33-25-13-9-8-10-14-25)15-11-12-22-16-17-23(31-20-21(2)3)18-28(22,30)19-26(29)32-27(4,5)6/h7-10,13-15,18,21-22,30H,1,11-12,16-17,19-20H2,2-6H3/b24-15-. The molecule has 33 heavy (non-hydrogen) atoms. The van der Waals surface area contributed by atoms with Crippen molar-refractivity contribution in [2.24, 2.45) is 11.8 Å². The summed E-state index contributed by atoms with van der Waals surface area (Å²) >= 11 is 1.68. The van der Waals surface area contributed by atoms with Crippen LogP contribution in [0.1, 0.15) is 66.7 Å². The summed E-state index contributed by atoms with van der Waals surface area (Å²) in [6.45, 7) is 14.2. The van der Waals surface area contributed by atoms with Gasteiger partial charge in [0.15, 0.2) is 0 Å². The maximum absolute atomic E-state index is 12.6. The highest BCUT2D eigenvalue weighted by Crippen LogP contribution is 2.39. The number of carbonyl (C=O) groups is 1. The third kappa shape index (κ3) is 9.81. The van der Waals surface area contributed by atoms with Gasteiger partial charge in [-0.25, -0.2) is 0 Å². The van der Waals surface area contributed by atoms with Crippen LogP contribution in [0.3, 0.4) is 0 Å². The van der Waals surface area contributed by atoms with Crippen molar-refractivity contribution in [1.82, 2.24) is 0 Å². The molecule has 1 aromatic carbocycles. The minimum Gasteiger partial charge on any atom is -0.498 e. The molecular weight excluding hydrogens is 432 g/mol. The lowest BCUT2D eigenvalue weighted by Gasteiger charge is -2.38. The first-order valence-corrected chi connectivity index (χ1v) is 12.7. The van der Waals surface area contributed by atoms with E-state index in [1.54, 1.807) is 17.8 Å². The third-order valence-corrected chi connectivity index (χ3v) is 6.42. The summed E-state index contributed by atoms with van der Waals surface area (Å²) in [6.07, 6.45) is 8.82. The molecule has 5 heteroatoms. The van der Waals surface area contributed by atoms with Gasteiger partial charge in [-0.1, -0.05) is 62.5 Å². The molecule has 182 valence electrons. The van der Waals surface area contributed by atoms with Crippen LogP contribution in [0.5, 0.6) is 0 Å². The van der Waals surface area contributed by atoms with Crippen molar-refractivity contribution in [3.05, 3.63) is 65.8 Å². The highest BCUT2D eigenvalue weighted by Gasteiger charge is 2.41. The van der Waals surface area contributed by atoms with Crippen molar-refractivity contribution in [1.29, 1.82) is 0 Å². The first-order chi connectivity index (χ1) is 15.5. The predicted octanol–water partition coefficient (Wildman–Crippen LogP) is 7.06. The molecule has 2 rings (SSSR count). The average Bonchev–Trinajstić information content (AvgIpc) is 2.72. The number of benzene rings is 1. The quantitative estimate of drug-likeness (QED) is 0.212. The smallest absolute Gasteiger partial charge is 0.309 e. The highest BCUT2D eigenvalue weighted by molar-refractivity contribution is 8.03. The van der Waals surface area contributed by atoms with E-state index in [0.717, 1.165) is 41.2 Å². The minimum absolute atomic E-state index is 0.0551. The average molecular weight is 473 g/mol. The Labute approximate surface area is 204 Å². The number of esters is 1. The Kier molecular flexibility index (Phi) is 10.3. The van der Waals surface area contributed by atoms with E-state index in [9.17, 15) is 9.90 Å². The van der Waals surface area contributed by atoms with Crippen LogP contribution in [0, 0.1) is 11.8 Å². The van der Waals surface area contributed by atoms with Crippen molar-refractivity contribution in [3.63, 3.8) is 0 Å². The zero-order valence-corrected chi connectivity index (χ0v) is 21.6. The van der Waals surface area contributed by atoms with Crippen molar-refractivity contribution < 1.29 is 19.4 Å². The van der Waals surface area contributed by atoms with Gasteiger partial charge in [-0.2, -0.15) is 0 Å². The Morgan fingerprint density at radius 3 is 2.61 bits per heavy atom. The number of hydrogen-bond donors (Lipinski definition) is 1. The van der Waals surface area contributed by atoms with Crippen LogP contribution in [0.25, 0.3) is 0 Å². The van der Waals surface area contributed by atoms with Crippen LogP contribution in [0.2, 0.25) is 0 Å². The first-order valence-electron chi connectivity index (χ1n) is 11.8. The molecule has 0 heterocycles. The Morgan fingerprint density at radius 2 is 2.00 bits per heavy atom. The van der Waals surface area contributed by atoms with Crippen LogP contribution < -0.4 is 0 Å². The van der Waals surface area contributed by atoms with Crippen molar-refractivity contribution in [2.75, 3.05) is 6.61 Å². The van der Waals surface area contributed by atoms with E-state index in [0.29, 0.717) is 12.5 Å². The number of allylic oxidation sites excluding steroid dienone is 3. The predicted molar refractivity (Wildman–Crippen MR) is 137 cm³/mol. The Balaban J connectivity index is 2.11. The van der Waals surface area contributed by atoms with E-state index in [4.69, 9.17) is 9.47 Å². The SMILES string of the molecule is C=C/C(=C/CCC1CCC(OCC(C)C)=CC1(O)CC(=O)OC(C)(C)C)Sc1ccccc1. The zero-order chi connectivity index (χ0) is 24.5. The second-order valence-electron chi connectivity index (χ2n) is 10.1. The summed E-state index contributed by atoms with van der Waals surface area (Å²) in [5.74, 6) is 0.721. The summed E-state index contributed by atoms with van der Waals surface area (Å²) in [6, 6.07) is 10.2. The summed E-state index contributed by atoms with van der Waals surface area (Å²) in [5, 5.41) is 11.6. The molecule has 0 bridgehead atoms. The van der Waals surface area contributed by atoms with Crippen LogP contribution >= 0.6 is 11.8 Å². The third-order valence-electron chi connectivity index (χ3n) is 5.35. The number of rotatable bonds is 11. The van der Waals surface area contributed by atoms with Gasteiger partial charge < -0.3 is 14.6 Å². The van der Waals surface area contributed by atoms with Gasteiger partial charge in [0, 0.05) is 16.2 Å². The molecule has 4 nitrogen and oxygen atoms in total. The summed E-state index contributed by atoms with van der Waals surface area (Å²) < 4.78 is 11.4. The van der Waals surface area contributed by atoms with Gasteiger partial charge in [0.25, 0.3) is 0 Å². The van der Waals surface area contributed by atoms with Gasteiger partial charge in [-0.05, 0) is 70.1 Å². The molecule has 0 saturated heterocycles. The van der Waals surface area contributed by atoms with E-state index in [1.807, 2.05) is 45.0 Å². The molecule has 1 N–H and O–H groups in total. The fourth-order valence-corrected chi connectivity index (χ4v) is 4.69. The molecule has 2 unspecified atom stereocenters. The monoisotopic (exact) mass is 472 g/mol. The fraction of sp³-hybridized carbons (Fsp3) is 0.536. The molecule has 0 aliphatic heterocycles. The van der Waals surface area contributed by atoms with Crippen molar-refractivity contribution in [3.8, 4) is 0 Å². The number of aliphatic hydroxyl groups is 1. The largest absolute Gasteiger partial charge is 0.498 e. The normalized spacial score (nSPS) is 21.5. The number of thioether (sulfide) groups is 1. The highest BCUT2D eigenvalue weighted by atomic mass is 32.2. The molecule has 0 spiro atoms. The molecule has 1 aliphatic rings. The van der Waals surface area contributed by atoms with E-state index in [2.05, 4.69) is 38.6 Å². The van der Waals surface area contributed by atoms with Crippen LogP contribution in [0.4, 0.5) is 0 Å². The number of ether oxygens (including phenoxy) is 2. The summed E-state index contributed by atoms with van der Waals surface area (Å²) in [7, 11) is 0. The molecular formula is C28H40O4S. The second kappa shape index (κ2) is 12.5. The molecule has 1 aliphatic carbocycles. The van der Waals surface area contributed by atoms with Gasteiger partial charge in [0.05, 0.1) is 24.4 Å². The van der Waals surface area contributed by atoms with Gasteiger partial charge in [0.1, 0.15) is 5.60 Å². The van der Waals surface area contributed by atoms with Gasteiger partial charge in [-0.15, -0.1) is 0 Å². The maximum atomic E-state index is 12.6. The molecule has 0 fully saturated rings. The van der Waals surface area contributed by atoms with Crippen molar-refractivity contribution in [2.45, 2.75) is 82.8 Å².